The van der Waals surface area contributed by atoms with Crippen LogP contribution in [0.1, 0.15) is 36.4 Å². The molecule has 146 valence electrons. The Morgan fingerprint density at radius 3 is 2.46 bits per heavy atom. The summed E-state index contributed by atoms with van der Waals surface area (Å²) in [5, 5.41) is 6.61. The molecule has 0 unspecified atom stereocenters. The summed E-state index contributed by atoms with van der Waals surface area (Å²) in [6.07, 6.45) is -0.792. The highest BCUT2D eigenvalue weighted by Crippen LogP contribution is 2.29. The molecule has 6 nitrogen and oxygen atoms in total. The molecule has 0 bridgehead atoms. The molecule has 0 aliphatic carbocycles. The quantitative estimate of drug-likeness (QED) is 0.689. The van der Waals surface area contributed by atoms with Crippen molar-refractivity contribution in [2.24, 2.45) is 0 Å². The van der Waals surface area contributed by atoms with Gasteiger partial charge in [-0.3, -0.25) is 9.78 Å². The lowest BCUT2D eigenvalue weighted by molar-refractivity contribution is -0.137. The van der Waals surface area contributed by atoms with E-state index in [-0.39, 0.29) is 18.7 Å². The Morgan fingerprint density at radius 1 is 1.14 bits per heavy atom. The maximum Gasteiger partial charge on any atom is 0.416 e. The van der Waals surface area contributed by atoms with Crippen LogP contribution in [-0.2, 0) is 17.4 Å². The number of rotatable bonds is 6. The summed E-state index contributed by atoms with van der Waals surface area (Å²) in [6, 6.07) is 7.76. The number of aryl methyl sites for hydroxylation is 1. The number of carbonyl (C=O) groups excluding carboxylic acids is 1. The molecule has 9 heteroatoms. The summed E-state index contributed by atoms with van der Waals surface area (Å²) in [7, 11) is 0. The highest BCUT2D eigenvalue weighted by Gasteiger charge is 2.30. The summed E-state index contributed by atoms with van der Waals surface area (Å²) in [4.78, 5) is 20.3. The molecular weight excluding hydrogens is 373 g/mol. The van der Waals surface area contributed by atoms with Crippen LogP contribution in [-0.4, -0.2) is 21.0 Å². The molecule has 0 saturated carbocycles. The maximum atomic E-state index is 12.6. The molecule has 2 heterocycles. The molecular formula is C19H17F3N4O2. The van der Waals surface area contributed by atoms with Crippen LogP contribution in [0.3, 0.4) is 0 Å². The van der Waals surface area contributed by atoms with Crippen molar-refractivity contribution < 1.29 is 22.5 Å². The standard InChI is InChI=1S/C19H17F3N4O2/c1-12(13-2-4-15(5-3-13)19(20,21)22)24-16(27)6-7-17-25-18(26-28-17)14-8-10-23-11-9-14/h2-5,8-12H,6-7H2,1H3,(H,24,27)/t12-/m1/s1. The Labute approximate surface area is 158 Å². The molecule has 3 rings (SSSR count). The summed E-state index contributed by atoms with van der Waals surface area (Å²) in [5.74, 6) is 0.469. The van der Waals surface area contributed by atoms with Crippen LogP contribution in [0.15, 0.2) is 53.3 Å². The first-order valence-electron chi connectivity index (χ1n) is 8.52. The van der Waals surface area contributed by atoms with Crippen molar-refractivity contribution in [1.29, 1.82) is 0 Å². The molecule has 0 aliphatic heterocycles. The van der Waals surface area contributed by atoms with E-state index in [1.807, 2.05) is 0 Å². The van der Waals surface area contributed by atoms with Crippen LogP contribution < -0.4 is 5.32 Å². The molecule has 0 radical (unpaired) electrons. The largest absolute Gasteiger partial charge is 0.416 e. The first-order valence-corrected chi connectivity index (χ1v) is 8.52. The minimum absolute atomic E-state index is 0.114. The number of benzene rings is 1. The van der Waals surface area contributed by atoms with Gasteiger partial charge in [-0.1, -0.05) is 17.3 Å². The fourth-order valence-corrected chi connectivity index (χ4v) is 2.55. The summed E-state index contributed by atoms with van der Waals surface area (Å²) in [6.45, 7) is 1.70. The number of aromatic nitrogens is 3. The lowest BCUT2D eigenvalue weighted by Crippen LogP contribution is -2.26. The number of hydrogen-bond donors (Lipinski definition) is 1. The number of carbonyl (C=O) groups is 1. The van der Waals surface area contributed by atoms with E-state index in [0.29, 0.717) is 17.3 Å². The molecule has 1 N–H and O–H groups in total. The van der Waals surface area contributed by atoms with Crippen molar-refractivity contribution in [3.63, 3.8) is 0 Å². The molecule has 0 aliphatic rings. The van der Waals surface area contributed by atoms with E-state index in [4.69, 9.17) is 4.52 Å². The van der Waals surface area contributed by atoms with Gasteiger partial charge in [0, 0.05) is 30.8 Å². The van der Waals surface area contributed by atoms with E-state index in [9.17, 15) is 18.0 Å². The molecule has 1 aromatic carbocycles. The van der Waals surface area contributed by atoms with Gasteiger partial charge in [0.15, 0.2) is 0 Å². The monoisotopic (exact) mass is 390 g/mol. The zero-order valence-corrected chi connectivity index (χ0v) is 14.9. The second-order valence-corrected chi connectivity index (χ2v) is 6.16. The van der Waals surface area contributed by atoms with Gasteiger partial charge < -0.3 is 9.84 Å². The average molecular weight is 390 g/mol. The predicted molar refractivity (Wildman–Crippen MR) is 93.9 cm³/mol. The number of nitrogens with zero attached hydrogens (tertiary/aromatic N) is 3. The van der Waals surface area contributed by atoms with Crippen LogP contribution in [0.2, 0.25) is 0 Å². The lowest BCUT2D eigenvalue weighted by Gasteiger charge is -2.15. The van der Waals surface area contributed by atoms with Crippen molar-refractivity contribution in [3.05, 3.63) is 65.8 Å². The number of amides is 1. The zero-order valence-electron chi connectivity index (χ0n) is 14.9. The van der Waals surface area contributed by atoms with Gasteiger partial charge in [0.2, 0.25) is 17.6 Å². The highest BCUT2D eigenvalue weighted by atomic mass is 19.4. The van der Waals surface area contributed by atoms with Crippen LogP contribution in [0.5, 0.6) is 0 Å². The normalized spacial score (nSPS) is 12.6. The second-order valence-electron chi connectivity index (χ2n) is 6.16. The fourth-order valence-electron chi connectivity index (χ4n) is 2.55. The molecule has 28 heavy (non-hydrogen) atoms. The zero-order chi connectivity index (χ0) is 20.1. The molecule has 0 spiro atoms. The summed E-state index contributed by atoms with van der Waals surface area (Å²) >= 11 is 0. The molecule has 0 saturated heterocycles. The Hall–Kier alpha value is -3.23. The number of halogens is 3. The van der Waals surface area contributed by atoms with Crippen LogP contribution >= 0.6 is 0 Å². The van der Waals surface area contributed by atoms with Gasteiger partial charge in [0.05, 0.1) is 11.6 Å². The molecule has 1 amide bonds. The Kier molecular flexibility index (Phi) is 5.72. The first kappa shape index (κ1) is 19.5. The number of hydrogen-bond acceptors (Lipinski definition) is 5. The SMILES string of the molecule is C[C@@H](NC(=O)CCc1nc(-c2ccncc2)no1)c1ccc(C(F)(F)F)cc1. The minimum atomic E-state index is -4.38. The third-order valence-corrected chi connectivity index (χ3v) is 4.09. The van der Waals surface area contributed by atoms with Crippen molar-refractivity contribution in [1.82, 2.24) is 20.4 Å². The molecule has 2 aromatic heterocycles. The third-order valence-electron chi connectivity index (χ3n) is 4.09. The smallest absolute Gasteiger partial charge is 0.350 e. The molecule has 1 atom stereocenters. The van der Waals surface area contributed by atoms with Gasteiger partial charge in [-0.05, 0) is 36.8 Å². The van der Waals surface area contributed by atoms with Crippen LogP contribution in [0.4, 0.5) is 13.2 Å². The Morgan fingerprint density at radius 2 is 1.82 bits per heavy atom. The fraction of sp³-hybridized carbons (Fsp3) is 0.263. The van der Waals surface area contributed by atoms with Crippen molar-refractivity contribution in [2.75, 3.05) is 0 Å². The van der Waals surface area contributed by atoms with Crippen molar-refractivity contribution >= 4 is 5.91 Å². The Bertz CT molecular complexity index is 924. The van der Waals surface area contributed by atoms with Crippen LogP contribution in [0, 0.1) is 0 Å². The predicted octanol–water partition coefficient (Wildman–Crippen LogP) is 3.96. The van der Waals surface area contributed by atoms with Crippen LogP contribution in [0.25, 0.3) is 11.4 Å². The summed E-state index contributed by atoms with van der Waals surface area (Å²) < 4.78 is 43.0. The van der Waals surface area contributed by atoms with E-state index >= 15 is 0 Å². The highest BCUT2D eigenvalue weighted by molar-refractivity contribution is 5.76. The maximum absolute atomic E-state index is 12.6. The number of pyridine rings is 1. The molecule has 3 aromatic rings. The second kappa shape index (κ2) is 8.20. The van der Waals surface area contributed by atoms with Gasteiger partial charge >= 0.3 is 6.18 Å². The first-order chi connectivity index (χ1) is 13.3. The average Bonchev–Trinajstić information content (AvgIpc) is 3.15. The van der Waals surface area contributed by atoms with E-state index in [2.05, 4.69) is 20.4 Å². The minimum Gasteiger partial charge on any atom is -0.350 e. The van der Waals surface area contributed by atoms with E-state index in [1.54, 1.807) is 31.5 Å². The van der Waals surface area contributed by atoms with Gasteiger partial charge in [-0.25, -0.2) is 0 Å². The van der Waals surface area contributed by atoms with E-state index in [0.717, 1.165) is 17.7 Å². The van der Waals surface area contributed by atoms with E-state index < -0.39 is 17.8 Å². The third kappa shape index (κ3) is 4.93. The van der Waals surface area contributed by atoms with Gasteiger partial charge in [0.25, 0.3) is 0 Å². The lowest BCUT2D eigenvalue weighted by atomic mass is 10.1. The van der Waals surface area contributed by atoms with Crippen molar-refractivity contribution in [3.8, 4) is 11.4 Å². The summed E-state index contributed by atoms with van der Waals surface area (Å²) in [5.41, 5.74) is 0.612. The number of nitrogens with one attached hydrogen (secondary N) is 1. The van der Waals surface area contributed by atoms with Gasteiger partial charge in [0.1, 0.15) is 0 Å². The Balaban J connectivity index is 1.52. The van der Waals surface area contributed by atoms with Gasteiger partial charge in [-0.15, -0.1) is 0 Å². The molecule has 0 fully saturated rings. The van der Waals surface area contributed by atoms with Gasteiger partial charge in [-0.2, -0.15) is 18.2 Å². The topological polar surface area (TPSA) is 80.9 Å². The van der Waals surface area contributed by atoms with E-state index in [1.165, 1.54) is 12.1 Å². The number of alkyl halides is 3. The van der Waals surface area contributed by atoms with Crippen molar-refractivity contribution in [2.45, 2.75) is 32.0 Å².